The zero-order valence-electron chi connectivity index (χ0n) is 14.7. The monoisotopic (exact) mass is 353 g/mol. The number of nitrogens with zero attached hydrogens (tertiary/aromatic N) is 5. The van der Waals surface area contributed by atoms with E-state index in [4.69, 9.17) is 0 Å². The standard InChI is InChI=1S/C19H23N5O2/c25-13-16-12-24(18-21-6-1-7-22-18)14-19(16)4-10-23(11-5-19)17(26)15-2-8-20-9-3-15/h1-3,6-9,16,25H,4-5,10-14H2. The lowest BCUT2D eigenvalue weighted by Gasteiger charge is -2.42. The maximum Gasteiger partial charge on any atom is 0.253 e. The average molecular weight is 353 g/mol. The van der Waals surface area contributed by atoms with Crippen molar-refractivity contribution in [3.8, 4) is 0 Å². The minimum absolute atomic E-state index is 0.0168. The highest BCUT2D eigenvalue weighted by Crippen LogP contribution is 2.45. The van der Waals surface area contributed by atoms with Crippen LogP contribution in [-0.4, -0.2) is 63.7 Å². The van der Waals surface area contributed by atoms with Crippen LogP contribution in [0.4, 0.5) is 5.95 Å². The fraction of sp³-hybridized carbons (Fsp3) is 0.474. The second-order valence-electron chi connectivity index (χ2n) is 7.20. The molecule has 0 aromatic carbocycles. The number of hydrogen-bond acceptors (Lipinski definition) is 6. The molecule has 2 aromatic heterocycles. The summed E-state index contributed by atoms with van der Waals surface area (Å²) in [7, 11) is 0. The summed E-state index contributed by atoms with van der Waals surface area (Å²) in [5, 5.41) is 9.95. The minimum atomic E-state index is 0.0168. The number of pyridine rings is 1. The van der Waals surface area contributed by atoms with Gasteiger partial charge in [-0.2, -0.15) is 0 Å². The molecule has 7 nitrogen and oxygen atoms in total. The third kappa shape index (κ3) is 3.03. The van der Waals surface area contributed by atoms with E-state index in [1.807, 2.05) is 11.0 Å². The van der Waals surface area contributed by atoms with Gasteiger partial charge in [0.15, 0.2) is 0 Å². The Morgan fingerprint density at radius 3 is 2.50 bits per heavy atom. The van der Waals surface area contributed by atoms with E-state index < -0.39 is 0 Å². The first-order chi connectivity index (χ1) is 12.7. The summed E-state index contributed by atoms with van der Waals surface area (Å²) in [6.45, 7) is 3.17. The van der Waals surface area contributed by atoms with E-state index in [-0.39, 0.29) is 23.8 Å². The fourth-order valence-electron chi connectivity index (χ4n) is 4.29. The Labute approximate surface area is 152 Å². The maximum atomic E-state index is 12.7. The number of amides is 1. The van der Waals surface area contributed by atoms with Crippen LogP contribution in [-0.2, 0) is 0 Å². The number of anilines is 1. The molecule has 0 radical (unpaired) electrons. The quantitative estimate of drug-likeness (QED) is 0.893. The third-order valence-electron chi connectivity index (χ3n) is 5.84. The first kappa shape index (κ1) is 16.9. The number of aliphatic hydroxyl groups is 1. The SMILES string of the molecule is O=C(c1ccncc1)N1CCC2(CC1)CN(c1ncccn1)CC2CO. The zero-order valence-corrected chi connectivity index (χ0v) is 14.7. The Morgan fingerprint density at radius 2 is 1.85 bits per heavy atom. The van der Waals surface area contributed by atoms with Gasteiger partial charge in [-0.3, -0.25) is 9.78 Å². The van der Waals surface area contributed by atoms with Gasteiger partial charge < -0.3 is 14.9 Å². The second kappa shape index (κ2) is 6.99. The summed E-state index contributed by atoms with van der Waals surface area (Å²) in [5.41, 5.74) is 0.698. The number of likely N-dealkylation sites (tertiary alicyclic amines) is 1. The maximum absolute atomic E-state index is 12.7. The van der Waals surface area contributed by atoms with Crippen LogP contribution in [0.3, 0.4) is 0 Å². The molecule has 0 bridgehead atoms. The number of piperidine rings is 1. The van der Waals surface area contributed by atoms with Gasteiger partial charge in [0, 0.05) is 69.1 Å². The van der Waals surface area contributed by atoms with E-state index in [9.17, 15) is 9.90 Å². The molecular formula is C19H23N5O2. The Kier molecular flexibility index (Phi) is 4.55. The van der Waals surface area contributed by atoms with Crippen molar-refractivity contribution in [3.05, 3.63) is 48.5 Å². The second-order valence-corrected chi connectivity index (χ2v) is 7.20. The van der Waals surface area contributed by atoms with Gasteiger partial charge in [-0.1, -0.05) is 0 Å². The Morgan fingerprint density at radius 1 is 1.15 bits per heavy atom. The normalized spacial score (nSPS) is 22.0. The molecule has 2 aromatic rings. The van der Waals surface area contributed by atoms with E-state index in [0.29, 0.717) is 18.7 Å². The molecule has 2 aliphatic rings. The van der Waals surface area contributed by atoms with Crippen molar-refractivity contribution >= 4 is 11.9 Å². The topological polar surface area (TPSA) is 82.5 Å². The molecule has 0 aliphatic carbocycles. The molecule has 2 fully saturated rings. The largest absolute Gasteiger partial charge is 0.396 e. The molecule has 1 N–H and O–H groups in total. The van der Waals surface area contributed by atoms with Crippen LogP contribution >= 0.6 is 0 Å². The van der Waals surface area contributed by atoms with Crippen molar-refractivity contribution in [2.45, 2.75) is 12.8 Å². The van der Waals surface area contributed by atoms with Gasteiger partial charge in [-0.05, 0) is 36.5 Å². The number of carbonyl (C=O) groups excluding carboxylic acids is 1. The highest BCUT2D eigenvalue weighted by atomic mass is 16.3. The van der Waals surface area contributed by atoms with E-state index in [2.05, 4.69) is 19.9 Å². The van der Waals surface area contributed by atoms with Crippen LogP contribution in [0.2, 0.25) is 0 Å². The third-order valence-corrected chi connectivity index (χ3v) is 5.84. The number of rotatable bonds is 3. The first-order valence-corrected chi connectivity index (χ1v) is 9.04. The minimum Gasteiger partial charge on any atom is -0.396 e. The summed E-state index contributed by atoms with van der Waals surface area (Å²) >= 11 is 0. The Balaban J connectivity index is 1.46. The van der Waals surface area contributed by atoms with Gasteiger partial charge in [0.2, 0.25) is 5.95 Å². The van der Waals surface area contributed by atoms with E-state index in [0.717, 1.165) is 31.9 Å². The molecule has 1 unspecified atom stereocenters. The van der Waals surface area contributed by atoms with E-state index in [1.54, 1.807) is 36.9 Å². The molecule has 136 valence electrons. The van der Waals surface area contributed by atoms with Gasteiger partial charge in [0.1, 0.15) is 0 Å². The number of carbonyl (C=O) groups is 1. The molecule has 1 spiro atoms. The van der Waals surface area contributed by atoms with Crippen molar-refractivity contribution in [1.82, 2.24) is 19.9 Å². The molecule has 7 heteroatoms. The van der Waals surface area contributed by atoms with Crippen LogP contribution in [0.25, 0.3) is 0 Å². The van der Waals surface area contributed by atoms with Gasteiger partial charge in [-0.25, -0.2) is 9.97 Å². The molecule has 26 heavy (non-hydrogen) atoms. The summed E-state index contributed by atoms with van der Waals surface area (Å²) in [4.78, 5) is 29.4. The van der Waals surface area contributed by atoms with Crippen molar-refractivity contribution in [1.29, 1.82) is 0 Å². The molecule has 4 heterocycles. The van der Waals surface area contributed by atoms with Crippen LogP contribution in [0.1, 0.15) is 23.2 Å². The molecule has 0 saturated carbocycles. The molecule has 1 atom stereocenters. The van der Waals surface area contributed by atoms with Gasteiger partial charge in [-0.15, -0.1) is 0 Å². The van der Waals surface area contributed by atoms with Crippen LogP contribution in [0.15, 0.2) is 43.0 Å². The van der Waals surface area contributed by atoms with Gasteiger partial charge >= 0.3 is 0 Å². The van der Waals surface area contributed by atoms with Crippen molar-refractivity contribution in [3.63, 3.8) is 0 Å². The number of aromatic nitrogens is 3. The summed E-state index contributed by atoms with van der Waals surface area (Å²) in [5.74, 6) is 0.964. The molecule has 1 amide bonds. The lowest BCUT2D eigenvalue weighted by molar-refractivity contribution is 0.0416. The average Bonchev–Trinajstić information content (AvgIpc) is 3.07. The summed E-state index contributed by atoms with van der Waals surface area (Å²) in [6, 6.07) is 5.32. The zero-order chi connectivity index (χ0) is 18.0. The molecule has 2 saturated heterocycles. The molecule has 2 aliphatic heterocycles. The number of aliphatic hydroxyl groups excluding tert-OH is 1. The lowest BCUT2D eigenvalue weighted by atomic mass is 9.71. The highest BCUT2D eigenvalue weighted by Gasteiger charge is 2.48. The van der Waals surface area contributed by atoms with Crippen molar-refractivity contribution < 1.29 is 9.90 Å². The Hall–Kier alpha value is -2.54. The predicted molar refractivity (Wildman–Crippen MR) is 96.6 cm³/mol. The summed E-state index contributed by atoms with van der Waals surface area (Å²) < 4.78 is 0. The molecule has 4 rings (SSSR count). The Bertz CT molecular complexity index is 747. The lowest BCUT2D eigenvalue weighted by Crippen LogP contribution is -2.47. The van der Waals surface area contributed by atoms with Gasteiger partial charge in [0.05, 0.1) is 0 Å². The van der Waals surface area contributed by atoms with E-state index in [1.165, 1.54) is 0 Å². The smallest absolute Gasteiger partial charge is 0.253 e. The van der Waals surface area contributed by atoms with Crippen LogP contribution < -0.4 is 4.90 Å². The molecular weight excluding hydrogens is 330 g/mol. The predicted octanol–water partition coefficient (Wildman–Crippen LogP) is 1.22. The highest BCUT2D eigenvalue weighted by molar-refractivity contribution is 5.94. The fourth-order valence-corrected chi connectivity index (χ4v) is 4.29. The first-order valence-electron chi connectivity index (χ1n) is 9.04. The van der Waals surface area contributed by atoms with Crippen LogP contribution in [0, 0.1) is 11.3 Å². The number of hydrogen-bond donors (Lipinski definition) is 1. The van der Waals surface area contributed by atoms with Crippen molar-refractivity contribution in [2.75, 3.05) is 37.7 Å². The van der Waals surface area contributed by atoms with Crippen molar-refractivity contribution in [2.24, 2.45) is 11.3 Å². The van der Waals surface area contributed by atoms with Gasteiger partial charge in [0.25, 0.3) is 5.91 Å². The van der Waals surface area contributed by atoms with E-state index >= 15 is 0 Å². The summed E-state index contributed by atoms with van der Waals surface area (Å²) in [6.07, 6.45) is 8.57. The van der Waals surface area contributed by atoms with Crippen LogP contribution in [0.5, 0.6) is 0 Å².